The fraction of sp³-hybridized carbons (Fsp3) is 1.00. The van der Waals surface area contributed by atoms with Gasteiger partial charge in [0, 0.05) is 12.1 Å². The Bertz CT molecular complexity index is 235. The van der Waals surface area contributed by atoms with Gasteiger partial charge in [0.25, 0.3) is 0 Å². The summed E-state index contributed by atoms with van der Waals surface area (Å²) in [6, 6.07) is 1.48. The summed E-state index contributed by atoms with van der Waals surface area (Å²) in [7, 11) is 2.11. The van der Waals surface area contributed by atoms with Crippen molar-refractivity contribution in [1.29, 1.82) is 0 Å². The maximum absolute atomic E-state index is 3.48. The Hall–Kier alpha value is -0.0800. The third kappa shape index (κ3) is 3.48. The van der Waals surface area contributed by atoms with E-state index in [-0.39, 0.29) is 0 Å². The molecule has 1 aliphatic carbocycles. The van der Waals surface area contributed by atoms with E-state index in [0.717, 1.165) is 23.9 Å². The Morgan fingerprint density at radius 2 is 1.83 bits per heavy atom. The molecule has 0 aromatic carbocycles. The van der Waals surface area contributed by atoms with Gasteiger partial charge in [0.15, 0.2) is 0 Å². The van der Waals surface area contributed by atoms with Gasteiger partial charge in [-0.15, -0.1) is 0 Å². The number of likely N-dealkylation sites (tertiary alicyclic amines) is 1. The molecule has 1 saturated carbocycles. The standard InChI is InChI=1S/C16H32N2/c1-13-14(2)18(12-10-16(13)17-3)11-6-9-15-7-4-5-8-15/h13-17H,4-12H2,1-3H3. The van der Waals surface area contributed by atoms with Crippen LogP contribution >= 0.6 is 0 Å². The Morgan fingerprint density at radius 3 is 2.50 bits per heavy atom. The second-order valence-electron chi connectivity index (χ2n) is 6.61. The van der Waals surface area contributed by atoms with Crippen LogP contribution in [0.3, 0.4) is 0 Å². The molecule has 0 radical (unpaired) electrons. The predicted octanol–water partition coefficient (Wildman–Crippen LogP) is 3.28. The zero-order valence-corrected chi connectivity index (χ0v) is 12.6. The number of nitrogens with one attached hydrogen (secondary N) is 1. The summed E-state index contributed by atoms with van der Waals surface area (Å²) in [5.41, 5.74) is 0. The van der Waals surface area contributed by atoms with Crippen molar-refractivity contribution in [2.45, 2.75) is 70.9 Å². The molecule has 1 N–H and O–H groups in total. The first-order chi connectivity index (χ1) is 8.72. The molecule has 2 heteroatoms. The quantitative estimate of drug-likeness (QED) is 0.808. The maximum Gasteiger partial charge on any atom is 0.0117 e. The van der Waals surface area contributed by atoms with Crippen LogP contribution in [0.15, 0.2) is 0 Å². The molecule has 2 nitrogen and oxygen atoms in total. The lowest BCUT2D eigenvalue weighted by atomic mass is 9.87. The molecule has 18 heavy (non-hydrogen) atoms. The van der Waals surface area contributed by atoms with E-state index in [1.54, 1.807) is 0 Å². The summed E-state index contributed by atoms with van der Waals surface area (Å²) < 4.78 is 0. The van der Waals surface area contributed by atoms with Gasteiger partial charge in [-0.05, 0) is 58.2 Å². The third-order valence-electron chi connectivity index (χ3n) is 5.60. The number of hydrogen-bond acceptors (Lipinski definition) is 2. The van der Waals surface area contributed by atoms with Crippen LogP contribution in [-0.2, 0) is 0 Å². The molecule has 106 valence electrons. The zero-order chi connectivity index (χ0) is 13.0. The van der Waals surface area contributed by atoms with E-state index < -0.39 is 0 Å². The lowest BCUT2D eigenvalue weighted by Crippen LogP contribution is -2.52. The number of rotatable bonds is 5. The third-order valence-corrected chi connectivity index (χ3v) is 5.60. The number of hydrogen-bond donors (Lipinski definition) is 1. The summed E-state index contributed by atoms with van der Waals surface area (Å²) in [5, 5.41) is 3.48. The van der Waals surface area contributed by atoms with Crippen molar-refractivity contribution in [3.63, 3.8) is 0 Å². The Kier molecular flexibility index (Phi) is 5.50. The van der Waals surface area contributed by atoms with Gasteiger partial charge in [-0.1, -0.05) is 32.6 Å². The first-order valence-corrected chi connectivity index (χ1v) is 8.13. The van der Waals surface area contributed by atoms with Crippen molar-refractivity contribution in [3.05, 3.63) is 0 Å². The average Bonchev–Trinajstić information content (AvgIpc) is 2.88. The molecule has 0 bridgehead atoms. The van der Waals surface area contributed by atoms with Gasteiger partial charge in [0.1, 0.15) is 0 Å². The summed E-state index contributed by atoms with van der Waals surface area (Å²) in [6.07, 6.45) is 10.2. The molecule has 1 heterocycles. The Morgan fingerprint density at radius 1 is 1.11 bits per heavy atom. The minimum Gasteiger partial charge on any atom is -0.317 e. The van der Waals surface area contributed by atoms with E-state index in [0.29, 0.717) is 0 Å². The monoisotopic (exact) mass is 252 g/mol. The van der Waals surface area contributed by atoms with Crippen LogP contribution in [0.1, 0.15) is 58.8 Å². The van der Waals surface area contributed by atoms with Gasteiger partial charge in [0.05, 0.1) is 0 Å². The molecule has 0 aromatic heterocycles. The molecule has 0 amide bonds. The summed E-state index contributed by atoms with van der Waals surface area (Å²) in [6.45, 7) is 7.46. The largest absolute Gasteiger partial charge is 0.317 e. The topological polar surface area (TPSA) is 15.3 Å². The molecule has 3 atom stereocenters. The normalized spacial score (nSPS) is 35.2. The van der Waals surface area contributed by atoms with Crippen molar-refractivity contribution in [2.75, 3.05) is 20.1 Å². The molecular formula is C16H32N2. The lowest BCUT2D eigenvalue weighted by molar-refractivity contribution is 0.0849. The van der Waals surface area contributed by atoms with Gasteiger partial charge in [-0.3, -0.25) is 0 Å². The average molecular weight is 252 g/mol. The van der Waals surface area contributed by atoms with Crippen LogP contribution in [0, 0.1) is 11.8 Å². The van der Waals surface area contributed by atoms with E-state index >= 15 is 0 Å². The highest BCUT2D eigenvalue weighted by Gasteiger charge is 2.31. The minimum atomic E-state index is 0.728. The van der Waals surface area contributed by atoms with E-state index in [2.05, 4.69) is 31.1 Å². The lowest BCUT2D eigenvalue weighted by Gasteiger charge is -2.42. The van der Waals surface area contributed by atoms with Crippen molar-refractivity contribution in [1.82, 2.24) is 10.2 Å². The molecule has 2 rings (SSSR count). The van der Waals surface area contributed by atoms with Crippen LogP contribution in [0.4, 0.5) is 0 Å². The van der Waals surface area contributed by atoms with E-state index in [1.807, 2.05) is 0 Å². The summed E-state index contributed by atoms with van der Waals surface area (Å²) in [4.78, 5) is 2.73. The highest BCUT2D eigenvalue weighted by Crippen LogP contribution is 2.29. The van der Waals surface area contributed by atoms with Crippen molar-refractivity contribution in [2.24, 2.45) is 11.8 Å². The Labute approximate surface area is 114 Å². The maximum atomic E-state index is 3.48. The highest BCUT2D eigenvalue weighted by atomic mass is 15.2. The summed E-state index contributed by atoms with van der Waals surface area (Å²) in [5.74, 6) is 1.85. The fourth-order valence-corrected chi connectivity index (χ4v) is 4.04. The van der Waals surface area contributed by atoms with Crippen molar-refractivity contribution >= 4 is 0 Å². The zero-order valence-electron chi connectivity index (χ0n) is 12.6. The first-order valence-electron chi connectivity index (χ1n) is 8.13. The van der Waals surface area contributed by atoms with Gasteiger partial charge in [-0.25, -0.2) is 0 Å². The smallest absolute Gasteiger partial charge is 0.0117 e. The molecule has 2 fully saturated rings. The van der Waals surface area contributed by atoms with Gasteiger partial charge < -0.3 is 10.2 Å². The molecule has 1 saturated heterocycles. The number of piperidine rings is 1. The van der Waals surface area contributed by atoms with Crippen LogP contribution in [0.2, 0.25) is 0 Å². The molecule has 3 unspecified atom stereocenters. The SMILES string of the molecule is CNC1CCN(CCCC2CCCC2)C(C)C1C. The van der Waals surface area contributed by atoms with E-state index in [4.69, 9.17) is 0 Å². The molecule has 2 aliphatic rings. The minimum absolute atomic E-state index is 0.728. The fourth-order valence-electron chi connectivity index (χ4n) is 4.04. The first kappa shape index (κ1) is 14.3. The van der Waals surface area contributed by atoms with Gasteiger partial charge >= 0.3 is 0 Å². The summed E-state index contributed by atoms with van der Waals surface area (Å²) >= 11 is 0. The van der Waals surface area contributed by atoms with E-state index in [1.165, 1.54) is 58.0 Å². The second kappa shape index (κ2) is 6.91. The second-order valence-corrected chi connectivity index (χ2v) is 6.61. The molecule has 0 aromatic rings. The van der Waals surface area contributed by atoms with E-state index in [9.17, 15) is 0 Å². The van der Waals surface area contributed by atoms with Crippen LogP contribution < -0.4 is 5.32 Å². The van der Waals surface area contributed by atoms with Crippen molar-refractivity contribution < 1.29 is 0 Å². The van der Waals surface area contributed by atoms with Crippen LogP contribution in [0.5, 0.6) is 0 Å². The molecular weight excluding hydrogens is 220 g/mol. The van der Waals surface area contributed by atoms with Crippen LogP contribution in [0.25, 0.3) is 0 Å². The highest BCUT2D eigenvalue weighted by molar-refractivity contribution is 4.87. The Balaban J connectivity index is 1.69. The van der Waals surface area contributed by atoms with Crippen LogP contribution in [-0.4, -0.2) is 37.1 Å². The van der Waals surface area contributed by atoms with Gasteiger partial charge in [0.2, 0.25) is 0 Å². The van der Waals surface area contributed by atoms with Gasteiger partial charge in [-0.2, -0.15) is 0 Å². The predicted molar refractivity (Wildman–Crippen MR) is 78.9 cm³/mol. The number of nitrogens with zero attached hydrogens (tertiary/aromatic N) is 1. The molecule has 0 spiro atoms. The van der Waals surface area contributed by atoms with Crippen molar-refractivity contribution in [3.8, 4) is 0 Å². The molecule has 1 aliphatic heterocycles.